The standard InChI is InChI=1S/C18H20N2O2S/c1-22-20-14-15-8-10-16(11-9-15)18(21)19-12-5-13-23-17-6-3-2-4-7-17/h2-4,6-11,14H,5,12-13H2,1H3,(H,19,21)/b20-14+. The first-order valence-corrected chi connectivity index (χ1v) is 8.41. The topological polar surface area (TPSA) is 50.7 Å². The van der Waals surface area contributed by atoms with Crippen molar-refractivity contribution in [2.75, 3.05) is 19.4 Å². The minimum Gasteiger partial charge on any atom is -0.399 e. The number of carbonyl (C=O) groups is 1. The quantitative estimate of drug-likeness (QED) is 0.349. The molecule has 1 N–H and O–H groups in total. The van der Waals surface area contributed by atoms with Crippen LogP contribution in [0.4, 0.5) is 0 Å². The second-order valence-electron chi connectivity index (χ2n) is 4.81. The van der Waals surface area contributed by atoms with E-state index < -0.39 is 0 Å². The predicted octanol–water partition coefficient (Wildman–Crippen LogP) is 3.58. The zero-order valence-corrected chi connectivity index (χ0v) is 13.9. The molecule has 0 spiro atoms. The van der Waals surface area contributed by atoms with Gasteiger partial charge in [-0.15, -0.1) is 11.8 Å². The minimum absolute atomic E-state index is 0.0510. The monoisotopic (exact) mass is 328 g/mol. The lowest BCUT2D eigenvalue weighted by Gasteiger charge is -2.05. The molecule has 2 aromatic rings. The van der Waals surface area contributed by atoms with Crippen molar-refractivity contribution >= 4 is 23.9 Å². The zero-order valence-electron chi connectivity index (χ0n) is 13.1. The lowest BCUT2D eigenvalue weighted by atomic mass is 10.1. The van der Waals surface area contributed by atoms with Crippen molar-refractivity contribution in [1.29, 1.82) is 0 Å². The predicted molar refractivity (Wildman–Crippen MR) is 95.2 cm³/mol. The molecule has 0 saturated heterocycles. The van der Waals surface area contributed by atoms with Crippen molar-refractivity contribution in [3.8, 4) is 0 Å². The highest BCUT2D eigenvalue weighted by Gasteiger charge is 2.04. The third-order valence-corrected chi connectivity index (χ3v) is 4.20. The van der Waals surface area contributed by atoms with Crippen LogP contribution in [0.2, 0.25) is 0 Å². The van der Waals surface area contributed by atoms with Gasteiger partial charge in [0.2, 0.25) is 0 Å². The van der Waals surface area contributed by atoms with Gasteiger partial charge in [0.1, 0.15) is 7.11 Å². The molecule has 0 saturated carbocycles. The van der Waals surface area contributed by atoms with E-state index in [4.69, 9.17) is 0 Å². The fraction of sp³-hybridized carbons (Fsp3) is 0.222. The number of nitrogens with zero attached hydrogens (tertiary/aromatic N) is 1. The Morgan fingerprint density at radius 3 is 2.61 bits per heavy atom. The summed E-state index contributed by atoms with van der Waals surface area (Å²) >= 11 is 1.80. The van der Waals surface area contributed by atoms with Crippen molar-refractivity contribution in [2.24, 2.45) is 5.16 Å². The van der Waals surface area contributed by atoms with Crippen molar-refractivity contribution in [3.63, 3.8) is 0 Å². The number of rotatable bonds is 8. The van der Waals surface area contributed by atoms with Gasteiger partial charge in [-0.05, 0) is 42.0 Å². The largest absolute Gasteiger partial charge is 0.399 e. The molecule has 0 radical (unpaired) electrons. The minimum atomic E-state index is -0.0510. The van der Waals surface area contributed by atoms with Crippen LogP contribution in [0.3, 0.4) is 0 Å². The van der Waals surface area contributed by atoms with Crippen LogP contribution in [-0.4, -0.2) is 31.5 Å². The molecule has 5 heteroatoms. The van der Waals surface area contributed by atoms with Gasteiger partial charge in [0.05, 0.1) is 6.21 Å². The molecular weight excluding hydrogens is 308 g/mol. The van der Waals surface area contributed by atoms with Gasteiger partial charge in [0.25, 0.3) is 5.91 Å². The van der Waals surface area contributed by atoms with Crippen molar-refractivity contribution in [1.82, 2.24) is 5.32 Å². The highest BCUT2D eigenvalue weighted by atomic mass is 32.2. The van der Waals surface area contributed by atoms with Gasteiger partial charge in [-0.1, -0.05) is 35.5 Å². The molecule has 0 aliphatic rings. The highest BCUT2D eigenvalue weighted by Crippen LogP contribution is 2.17. The summed E-state index contributed by atoms with van der Waals surface area (Å²) in [6.45, 7) is 0.672. The normalized spacial score (nSPS) is 10.7. The van der Waals surface area contributed by atoms with Gasteiger partial charge in [-0.25, -0.2) is 0 Å². The molecule has 2 rings (SSSR count). The van der Waals surface area contributed by atoms with E-state index in [0.29, 0.717) is 12.1 Å². The van der Waals surface area contributed by atoms with E-state index in [0.717, 1.165) is 17.7 Å². The van der Waals surface area contributed by atoms with Gasteiger partial charge in [0, 0.05) is 17.0 Å². The molecule has 0 aromatic heterocycles. The second kappa shape index (κ2) is 9.69. The maximum Gasteiger partial charge on any atom is 0.251 e. The van der Waals surface area contributed by atoms with E-state index in [9.17, 15) is 4.79 Å². The number of benzene rings is 2. The van der Waals surface area contributed by atoms with Crippen molar-refractivity contribution in [2.45, 2.75) is 11.3 Å². The van der Waals surface area contributed by atoms with Gasteiger partial charge in [-0.2, -0.15) is 0 Å². The maximum absolute atomic E-state index is 12.0. The molecule has 0 unspecified atom stereocenters. The Bertz CT molecular complexity index is 627. The summed E-state index contributed by atoms with van der Waals surface area (Å²) in [5.74, 6) is 0.932. The van der Waals surface area contributed by atoms with Crippen molar-refractivity contribution < 1.29 is 9.63 Å². The van der Waals surface area contributed by atoms with Gasteiger partial charge >= 0.3 is 0 Å². The summed E-state index contributed by atoms with van der Waals surface area (Å²) in [6, 6.07) is 17.5. The van der Waals surface area contributed by atoms with Crippen LogP contribution in [0.15, 0.2) is 64.6 Å². The number of carbonyl (C=O) groups excluding carboxylic acids is 1. The van der Waals surface area contributed by atoms with E-state index in [-0.39, 0.29) is 5.91 Å². The molecule has 1 amide bonds. The molecule has 23 heavy (non-hydrogen) atoms. The third-order valence-electron chi connectivity index (χ3n) is 3.10. The molecule has 0 aliphatic heterocycles. The van der Waals surface area contributed by atoms with E-state index in [1.807, 2.05) is 30.3 Å². The fourth-order valence-electron chi connectivity index (χ4n) is 1.92. The number of hydrogen-bond acceptors (Lipinski definition) is 4. The van der Waals surface area contributed by atoms with Crippen LogP contribution in [0.25, 0.3) is 0 Å². The Kier molecular flexibility index (Phi) is 7.20. The molecule has 4 nitrogen and oxygen atoms in total. The van der Waals surface area contributed by atoms with E-state index in [1.165, 1.54) is 12.0 Å². The summed E-state index contributed by atoms with van der Waals surface area (Å²) in [5, 5.41) is 6.62. The maximum atomic E-state index is 12.0. The van der Waals surface area contributed by atoms with Gasteiger partial charge in [-0.3, -0.25) is 4.79 Å². The Morgan fingerprint density at radius 1 is 1.17 bits per heavy atom. The summed E-state index contributed by atoms with van der Waals surface area (Å²) in [6.07, 6.45) is 2.53. The first-order valence-electron chi connectivity index (χ1n) is 7.42. The lowest BCUT2D eigenvalue weighted by Crippen LogP contribution is -2.24. The molecule has 120 valence electrons. The number of thioether (sulfide) groups is 1. The average molecular weight is 328 g/mol. The Morgan fingerprint density at radius 2 is 1.91 bits per heavy atom. The first kappa shape index (κ1) is 17.1. The fourth-order valence-corrected chi connectivity index (χ4v) is 2.79. The summed E-state index contributed by atoms with van der Waals surface area (Å²) in [7, 11) is 1.49. The molecular formula is C18H20N2O2S. The van der Waals surface area contributed by atoms with Crippen LogP contribution in [-0.2, 0) is 4.84 Å². The molecule has 0 aliphatic carbocycles. The molecule has 0 atom stereocenters. The van der Waals surface area contributed by atoms with Crippen molar-refractivity contribution in [3.05, 3.63) is 65.7 Å². The summed E-state index contributed by atoms with van der Waals surface area (Å²) in [5.41, 5.74) is 1.54. The number of nitrogens with one attached hydrogen (secondary N) is 1. The number of hydrogen-bond donors (Lipinski definition) is 1. The zero-order chi connectivity index (χ0) is 16.3. The van der Waals surface area contributed by atoms with E-state index >= 15 is 0 Å². The molecule has 2 aromatic carbocycles. The van der Waals surface area contributed by atoms with Gasteiger partial charge in [0.15, 0.2) is 0 Å². The smallest absolute Gasteiger partial charge is 0.251 e. The lowest BCUT2D eigenvalue weighted by molar-refractivity contribution is 0.0954. The summed E-state index contributed by atoms with van der Waals surface area (Å²) in [4.78, 5) is 17.9. The van der Waals surface area contributed by atoms with Gasteiger partial charge < -0.3 is 10.2 Å². The third kappa shape index (κ3) is 6.16. The van der Waals surface area contributed by atoms with Crippen LogP contribution in [0, 0.1) is 0 Å². The Hall–Kier alpha value is -2.27. The van der Waals surface area contributed by atoms with Crippen LogP contribution >= 0.6 is 11.8 Å². The highest BCUT2D eigenvalue weighted by molar-refractivity contribution is 7.99. The average Bonchev–Trinajstić information content (AvgIpc) is 2.61. The molecule has 0 heterocycles. The van der Waals surface area contributed by atoms with E-state index in [2.05, 4.69) is 27.4 Å². The van der Waals surface area contributed by atoms with Crippen LogP contribution in [0.1, 0.15) is 22.3 Å². The Balaban J connectivity index is 1.69. The van der Waals surface area contributed by atoms with Crippen LogP contribution < -0.4 is 5.32 Å². The second-order valence-corrected chi connectivity index (χ2v) is 5.98. The SMILES string of the molecule is CO/N=C/c1ccc(C(=O)NCCCSc2ccccc2)cc1. The number of amides is 1. The first-order chi connectivity index (χ1) is 11.3. The summed E-state index contributed by atoms with van der Waals surface area (Å²) < 4.78 is 0. The van der Waals surface area contributed by atoms with E-state index in [1.54, 1.807) is 30.1 Å². The van der Waals surface area contributed by atoms with Crippen LogP contribution in [0.5, 0.6) is 0 Å². The molecule has 0 bridgehead atoms. The Labute approximate surface area is 140 Å². The molecule has 0 fully saturated rings. The number of oxime groups is 1.